The van der Waals surface area contributed by atoms with Crippen molar-refractivity contribution in [2.75, 3.05) is 0 Å². The summed E-state index contributed by atoms with van der Waals surface area (Å²) in [7, 11) is 0. The molecule has 0 saturated heterocycles. The molecule has 8 heteroatoms. The lowest BCUT2D eigenvalue weighted by molar-refractivity contribution is 0.0953. The summed E-state index contributed by atoms with van der Waals surface area (Å²) in [5.74, 6) is 2.13. The molecule has 0 radical (unpaired) electrons. The van der Waals surface area contributed by atoms with Crippen molar-refractivity contribution in [3.05, 3.63) is 50.9 Å². The maximum atomic E-state index is 12.3. The highest BCUT2D eigenvalue weighted by Crippen LogP contribution is 2.14. The second kappa shape index (κ2) is 6.60. The fourth-order valence-corrected chi connectivity index (χ4v) is 2.89. The van der Waals surface area contributed by atoms with Gasteiger partial charge in [-0.2, -0.15) is 5.10 Å². The van der Waals surface area contributed by atoms with Crippen LogP contribution in [-0.2, 0) is 13.1 Å². The van der Waals surface area contributed by atoms with Crippen LogP contribution in [0.5, 0.6) is 0 Å². The molecule has 120 valence electrons. The number of amides is 1. The molecule has 7 nitrogen and oxygen atoms in total. The van der Waals surface area contributed by atoms with Gasteiger partial charge in [-0.05, 0) is 24.5 Å². The van der Waals surface area contributed by atoms with Crippen LogP contribution in [0.1, 0.15) is 21.1 Å². The predicted molar refractivity (Wildman–Crippen MR) is 90.7 cm³/mol. The van der Waals surface area contributed by atoms with Gasteiger partial charge >= 0.3 is 0 Å². The Labute approximate surface area is 141 Å². The first-order valence-electron chi connectivity index (χ1n) is 7.11. The van der Waals surface area contributed by atoms with E-state index in [1.54, 1.807) is 25.1 Å². The number of carbonyl (C=O) groups is 1. The van der Waals surface area contributed by atoms with E-state index in [-0.39, 0.29) is 24.6 Å². The number of carbonyl (C=O) groups excluding carboxylic acids is 1. The van der Waals surface area contributed by atoms with Crippen LogP contribution in [0, 0.1) is 19.3 Å². The van der Waals surface area contributed by atoms with E-state index in [1.165, 1.54) is 4.68 Å². The molecule has 1 amide bonds. The van der Waals surface area contributed by atoms with Crippen LogP contribution in [0.3, 0.4) is 0 Å². The van der Waals surface area contributed by atoms with Crippen molar-refractivity contribution in [1.29, 1.82) is 0 Å². The normalized spacial score (nSPS) is 10.5. The molecule has 1 aromatic carbocycles. The number of terminal acetylenes is 1. The van der Waals surface area contributed by atoms with Crippen LogP contribution in [0.15, 0.2) is 29.1 Å². The van der Waals surface area contributed by atoms with E-state index in [0.717, 1.165) is 11.5 Å². The summed E-state index contributed by atoms with van der Waals surface area (Å²) in [6, 6.07) is 7.11. The quantitative estimate of drug-likeness (QED) is 0.720. The third kappa shape index (κ3) is 2.89. The lowest BCUT2D eigenvalue weighted by atomic mass is 10.1. The summed E-state index contributed by atoms with van der Waals surface area (Å²) >= 11 is 1.03. The van der Waals surface area contributed by atoms with Crippen LogP contribution in [0.2, 0.25) is 0 Å². The van der Waals surface area contributed by atoms with E-state index in [2.05, 4.69) is 25.9 Å². The van der Waals surface area contributed by atoms with Gasteiger partial charge in [-0.1, -0.05) is 28.6 Å². The molecule has 1 N–H and O–H groups in total. The van der Waals surface area contributed by atoms with E-state index >= 15 is 0 Å². The zero-order valence-electron chi connectivity index (χ0n) is 12.8. The maximum Gasteiger partial charge on any atom is 0.275 e. The average Bonchev–Trinajstić information content (AvgIpc) is 3.02. The minimum atomic E-state index is -0.275. The Bertz CT molecular complexity index is 1020. The summed E-state index contributed by atoms with van der Waals surface area (Å²) in [5.41, 5.74) is 0.901. The van der Waals surface area contributed by atoms with Crippen molar-refractivity contribution >= 4 is 28.2 Å². The van der Waals surface area contributed by atoms with Gasteiger partial charge in [-0.15, -0.1) is 11.5 Å². The van der Waals surface area contributed by atoms with Crippen LogP contribution in [0.4, 0.5) is 0 Å². The molecule has 0 aliphatic rings. The number of rotatable bonds is 4. The molecule has 0 saturated carbocycles. The highest BCUT2D eigenvalue weighted by molar-refractivity contribution is 7.07. The molecule has 3 rings (SSSR count). The number of nitrogens with one attached hydrogen (secondary N) is 1. The Morgan fingerprint density at radius 3 is 2.79 bits per heavy atom. The number of aryl methyl sites for hydroxylation is 1. The van der Waals surface area contributed by atoms with Crippen LogP contribution in [-0.4, -0.2) is 25.3 Å². The fourth-order valence-electron chi connectivity index (χ4n) is 2.31. The molecule has 0 bridgehead atoms. The molecule has 24 heavy (non-hydrogen) atoms. The van der Waals surface area contributed by atoms with E-state index in [0.29, 0.717) is 27.0 Å². The molecule has 2 aromatic heterocycles. The van der Waals surface area contributed by atoms with E-state index in [4.69, 9.17) is 6.42 Å². The van der Waals surface area contributed by atoms with Crippen LogP contribution < -0.4 is 10.9 Å². The van der Waals surface area contributed by atoms with Gasteiger partial charge in [0.25, 0.3) is 11.5 Å². The van der Waals surface area contributed by atoms with E-state index in [1.807, 2.05) is 6.07 Å². The minimum Gasteiger partial charge on any atom is -0.345 e. The van der Waals surface area contributed by atoms with Crippen molar-refractivity contribution in [3.63, 3.8) is 0 Å². The molecular formula is C16H13N5O2S. The summed E-state index contributed by atoms with van der Waals surface area (Å²) in [4.78, 5) is 25.0. The standard InChI is InChI=1S/C16H13N5O2S/c1-3-8-21-16(23)12-7-5-4-6-11(12)13(19-21)9-17-15(22)14-10(2)18-20-24-14/h1,4-7H,8-9H2,2H3,(H,17,22). The Morgan fingerprint density at radius 2 is 2.12 bits per heavy atom. The Morgan fingerprint density at radius 1 is 1.38 bits per heavy atom. The van der Waals surface area contributed by atoms with Crippen LogP contribution in [0.25, 0.3) is 10.8 Å². The zero-order chi connectivity index (χ0) is 17.1. The summed E-state index contributed by atoms with van der Waals surface area (Å²) in [5, 5.41) is 12.1. The number of aromatic nitrogens is 4. The molecule has 0 fully saturated rings. The van der Waals surface area contributed by atoms with Gasteiger partial charge in [0.1, 0.15) is 11.4 Å². The molecule has 0 unspecified atom stereocenters. The summed E-state index contributed by atoms with van der Waals surface area (Å²) < 4.78 is 4.97. The van der Waals surface area contributed by atoms with Crippen molar-refractivity contribution < 1.29 is 4.79 Å². The molecule has 0 atom stereocenters. The first kappa shape index (κ1) is 15.8. The van der Waals surface area contributed by atoms with Gasteiger partial charge in [0.05, 0.1) is 23.3 Å². The Hall–Kier alpha value is -3.05. The molecule has 3 aromatic rings. The predicted octanol–water partition coefficient (Wildman–Crippen LogP) is 1.12. The molecular weight excluding hydrogens is 326 g/mol. The van der Waals surface area contributed by atoms with E-state index < -0.39 is 0 Å². The summed E-state index contributed by atoms with van der Waals surface area (Å²) in [6.45, 7) is 1.96. The largest absolute Gasteiger partial charge is 0.345 e. The number of fused-ring (bicyclic) bond motifs is 1. The molecule has 0 aliphatic carbocycles. The number of benzene rings is 1. The third-order valence-electron chi connectivity index (χ3n) is 3.46. The number of hydrogen-bond donors (Lipinski definition) is 1. The fraction of sp³-hybridized carbons (Fsp3) is 0.188. The highest BCUT2D eigenvalue weighted by Gasteiger charge is 2.15. The first-order chi connectivity index (χ1) is 11.6. The second-order valence-corrected chi connectivity index (χ2v) is 5.78. The van der Waals surface area contributed by atoms with Gasteiger partial charge in [0, 0.05) is 5.39 Å². The van der Waals surface area contributed by atoms with Gasteiger partial charge in [0.15, 0.2) is 0 Å². The van der Waals surface area contributed by atoms with Crippen LogP contribution >= 0.6 is 11.5 Å². The smallest absolute Gasteiger partial charge is 0.275 e. The summed E-state index contributed by atoms with van der Waals surface area (Å²) in [6.07, 6.45) is 5.29. The lowest BCUT2D eigenvalue weighted by Crippen LogP contribution is -2.28. The van der Waals surface area contributed by atoms with Gasteiger partial charge < -0.3 is 5.32 Å². The molecule has 2 heterocycles. The van der Waals surface area contributed by atoms with E-state index in [9.17, 15) is 9.59 Å². The number of hydrogen-bond acceptors (Lipinski definition) is 6. The molecule has 0 spiro atoms. The van der Waals surface area contributed by atoms with Gasteiger partial charge in [-0.25, -0.2) is 4.68 Å². The average molecular weight is 339 g/mol. The monoisotopic (exact) mass is 339 g/mol. The van der Waals surface area contributed by atoms with Crippen molar-refractivity contribution in [2.24, 2.45) is 0 Å². The maximum absolute atomic E-state index is 12.3. The number of nitrogens with zero attached hydrogens (tertiary/aromatic N) is 4. The SMILES string of the molecule is C#CCn1nc(CNC(=O)c2snnc2C)c2ccccc2c1=O. The molecule has 0 aliphatic heterocycles. The zero-order valence-corrected chi connectivity index (χ0v) is 13.6. The third-order valence-corrected chi connectivity index (χ3v) is 4.29. The Balaban J connectivity index is 1.96. The Kier molecular flexibility index (Phi) is 4.35. The minimum absolute atomic E-state index is 0.0719. The van der Waals surface area contributed by atoms with Gasteiger partial charge in [0.2, 0.25) is 0 Å². The lowest BCUT2D eigenvalue weighted by Gasteiger charge is -2.10. The second-order valence-electron chi connectivity index (χ2n) is 5.03. The highest BCUT2D eigenvalue weighted by atomic mass is 32.1. The van der Waals surface area contributed by atoms with Crippen molar-refractivity contribution in [2.45, 2.75) is 20.0 Å². The van der Waals surface area contributed by atoms with Crippen molar-refractivity contribution in [1.82, 2.24) is 24.7 Å². The first-order valence-corrected chi connectivity index (χ1v) is 7.88. The van der Waals surface area contributed by atoms with Gasteiger partial charge in [-0.3, -0.25) is 9.59 Å². The van der Waals surface area contributed by atoms with Crippen molar-refractivity contribution in [3.8, 4) is 12.3 Å². The topological polar surface area (TPSA) is 89.8 Å².